The van der Waals surface area contributed by atoms with E-state index in [4.69, 9.17) is 18.9 Å². The van der Waals surface area contributed by atoms with Crippen LogP contribution in [-0.2, 0) is 4.79 Å². The van der Waals surface area contributed by atoms with Crippen LogP contribution >= 0.6 is 0 Å². The van der Waals surface area contributed by atoms with Gasteiger partial charge >= 0.3 is 0 Å². The molecule has 0 radical (unpaired) electrons. The van der Waals surface area contributed by atoms with E-state index < -0.39 is 0 Å². The van der Waals surface area contributed by atoms with Crippen molar-refractivity contribution in [2.75, 3.05) is 35.0 Å². The number of benzene rings is 3. The summed E-state index contributed by atoms with van der Waals surface area (Å²) in [5, 5.41) is 4.18. The minimum atomic E-state index is -0.217. The highest BCUT2D eigenvalue weighted by atomic mass is 16.5. The summed E-state index contributed by atoms with van der Waals surface area (Å²) in [6, 6.07) is 19.6. The maximum Gasteiger partial charge on any atom is 0.244 e. The molecule has 1 heterocycles. The van der Waals surface area contributed by atoms with Crippen LogP contribution in [-0.4, -0.2) is 45.9 Å². The molecule has 1 unspecified atom stereocenters. The molecule has 0 bridgehead atoms. The number of methoxy groups -OCH3 is 4. The minimum absolute atomic E-state index is 0.0555. The lowest BCUT2D eigenvalue weighted by Crippen LogP contribution is -2.27. The lowest BCUT2D eigenvalue weighted by Gasteiger charge is -2.18. The quantitative estimate of drug-likeness (QED) is 0.303. The van der Waals surface area contributed by atoms with Crippen LogP contribution in [0.5, 0.6) is 23.0 Å². The number of para-hydroxylation sites is 1. The van der Waals surface area contributed by atoms with Crippen molar-refractivity contribution in [1.29, 1.82) is 0 Å². The van der Waals surface area contributed by atoms with Crippen molar-refractivity contribution in [2.24, 2.45) is 0 Å². The Morgan fingerprint density at radius 3 is 2.28 bits per heavy atom. The van der Waals surface area contributed by atoms with Crippen LogP contribution in [0.2, 0.25) is 0 Å². The van der Waals surface area contributed by atoms with Gasteiger partial charge in [-0.2, -0.15) is 0 Å². The van der Waals surface area contributed by atoms with Gasteiger partial charge in [0.2, 0.25) is 5.91 Å². The number of hydrogen-bond donors (Lipinski definition) is 2. The fraction of sp³-hybridized carbons (Fsp3) is 0.207. The van der Waals surface area contributed by atoms with E-state index in [1.165, 1.54) is 6.08 Å². The average Bonchev–Trinajstić information content (AvgIpc) is 3.35. The zero-order chi connectivity index (χ0) is 25.5. The number of carbonyl (C=O) groups is 1. The maximum absolute atomic E-state index is 12.8. The van der Waals surface area contributed by atoms with Crippen LogP contribution in [0.1, 0.15) is 22.6 Å². The first-order valence-corrected chi connectivity index (χ1v) is 11.5. The number of fused-ring (bicyclic) bond motifs is 1. The number of hydrogen-bond acceptors (Lipinski definition) is 5. The van der Waals surface area contributed by atoms with Gasteiger partial charge in [0.25, 0.3) is 0 Å². The molecule has 1 amide bonds. The molecule has 0 fully saturated rings. The van der Waals surface area contributed by atoms with E-state index in [1.54, 1.807) is 46.6 Å². The fourth-order valence-electron chi connectivity index (χ4n) is 4.24. The third kappa shape index (κ3) is 5.30. The van der Waals surface area contributed by atoms with E-state index >= 15 is 0 Å². The standard InChI is InChI=1S/C29H30N2O5/c1-33-21-12-9-19(10-13-21)23(24-18-30-25-8-6-5-7-22(24)25)17-31-29(32)14-11-20-15-27(35-3)28(36-4)16-26(20)34-2/h5-16,18,23,30H,17H2,1-4H3,(H,31,32)/b14-11+. The molecule has 186 valence electrons. The van der Waals surface area contributed by atoms with Crippen LogP contribution in [0.3, 0.4) is 0 Å². The van der Waals surface area contributed by atoms with Crippen molar-refractivity contribution >= 4 is 22.9 Å². The highest BCUT2D eigenvalue weighted by molar-refractivity contribution is 5.92. The summed E-state index contributed by atoms with van der Waals surface area (Å²) in [6.07, 6.45) is 5.20. The first-order chi connectivity index (χ1) is 17.6. The molecule has 4 aromatic rings. The summed E-state index contributed by atoms with van der Waals surface area (Å²) in [5.74, 6) is 2.19. The van der Waals surface area contributed by atoms with Gasteiger partial charge in [-0.25, -0.2) is 0 Å². The van der Waals surface area contributed by atoms with Gasteiger partial charge in [-0.1, -0.05) is 30.3 Å². The van der Waals surface area contributed by atoms with E-state index in [-0.39, 0.29) is 11.8 Å². The van der Waals surface area contributed by atoms with Gasteiger partial charge in [0.15, 0.2) is 11.5 Å². The van der Waals surface area contributed by atoms with Gasteiger partial charge < -0.3 is 29.2 Å². The van der Waals surface area contributed by atoms with Gasteiger partial charge in [-0.3, -0.25) is 4.79 Å². The molecule has 0 spiro atoms. The van der Waals surface area contributed by atoms with Crippen molar-refractivity contribution in [3.8, 4) is 23.0 Å². The van der Waals surface area contributed by atoms with Crippen LogP contribution < -0.4 is 24.3 Å². The van der Waals surface area contributed by atoms with E-state index in [9.17, 15) is 4.79 Å². The topological polar surface area (TPSA) is 81.8 Å². The highest BCUT2D eigenvalue weighted by Crippen LogP contribution is 2.35. The molecular weight excluding hydrogens is 456 g/mol. The van der Waals surface area contributed by atoms with Gasteiger partial charge in [-0.15, -0.1) is 0 Å². The summed E-state index contributed by atoms with van der Waals surface area (Å²) in [7, 11) is 6.34. The molecule has 0 aliphatic carbocycles. The number of aromatic amines is 1. The van der Waals surface area contributed by atoms with Crippen molar-refractivity contribution in [3.63, 3.8) is 0 Å². The molecule has 0 saturated heterocycles. The number of ether oxygens (including phenoxy) is 4. The SMILES string of the molecule is COc1ccc(C(CNC(=O)/C=C/c2cc(OC)c(OC)cc2OC)c2c[nH]c3ccccc23)cc1. The zero-order valence-electron chi connectivity index (χ0n) is 20.8. The molecule has 2 N–H and O–H groups in total. The van der Waals surface area contributed by atoms with E-state index in [0.717, 1.165) is 27.8 Å². The van der Waals surface area contributed by atoms with Gasteiger partial charge in [0.05, 0.1) is 28.4 Å². The first-order valence-electron chi connectivity index (χ1n) is 11.5. The Hall–Kier alpha value is -4.39. The Labute approximate surface area is 210 Å². The van der Waals surface area contributed by atoms with Crippen LogP contribution in [0, 0.1) is 0 Å². The number of rotatable bonds is 10. The number of aromatic nitrogens is 1. The highest BCUT2D eigenvalue weighted by Gasteiger charge is 2.19. The summed E-state index contributed by atoms with van der Waals surface area (Å²) in [5.41, 5.74) is 3.94. The molecular formula is C29H30N2O5. The van der Waals surface area contributed by atoms with E-state index in [0.29, 0.717) is 29.4 Å². The van der Waals surface area contributed by atoms with Crippen molar-refractivity contribution in [3.05, 3.63) is 89.6 Å². The lowest BCUT2D eigenvalue weighted by atomic mass is 9.90. The lowest BCUT2D eigenvalue weighted by molar-refractivity contribution is -0.116. The predicted molar refractivity (Wildman–Crippen MR) is 141 cm³/mol. The second kappa shape index (κ2) is 11.4. The van der Waals surface area contributed by atoms with Gasteiger partial charge in [0, 0.05) is 47.3 Å². The Kier molecular flexibility index (Phi) is 7.80. The van der Waals surface area contributed by atoms with Crippen molar-refractivity contribution in [2.45, 2.75) is 5.92 Å². The molecule has 0 aliphatic rings. The molecule has 0 aliphatic heterocycles. The number of amides is 1. The summed E-state index contributed by atoms with van der Waals surface area (Å²) in [4.78, 5) is 16.2. The molecule has 3 aromatic carbocycles. The molecule has 1 atom stereocenters. The average molecular weight is 487 g/mol. The summed E-state index contributed by atoms with van der Waals surface area (Å²) < 4.78 is 21.5. The zero-order valence-corrected chi connectivity index (χ0v) is 20.8. The third-order valence-corrected chi connectivity index (χ3v) is 6.15. The van der Waals surface area contributed by atoms with Gasteiger partial charge in [0.1, 0.15) is 11.5 Å². The van der Waals surface area contributed by atoms with Crippen LogP contribution in [0.4, 0.5) is 0 Å². The second-order valence-electron chi connectivity index (χ2n) is 8.14. The molecule has 7 heteroatoms. The van der Waals surface area contributed by atoms with Crippen molar-refractivity contribution < 1.29 is 23.7 Å². The molecule has 4 rings (SSSR count). The Morgan fingerprint density at radius 1 is 0.889 bits per heavy atom. The summed E-state index contributed by atoms with van der Waals surface area (Å²) >= 11 is 0. The number of H-pyrrole nitrogens is 1. The number of carbonyl (C=O) groups excluding carboxylic acids is 1. The Balaban J connectivity index is 1.56. The second-order valence-corrected chi connectivity index (χ2v) is 8.14. The van der Waals surface area contributed by atoms with Gasteiger partial charge in [-0.05, 0) is 41.5 Å². The van der Waals surface area contributed by atoms with E-state index in [2.05, 4.69) is 16.4 Å². The maximum atomic E-state index is 12.8. The smallest absolute Gasteiger partial charge is 0.244 e. The van der Waals surface area contributed by atoms with Crippen LogP contribution in [0.25, 0.3) is 17.0 Å². The molecule has 0 saturated carbocycles. The molecule has 36 heavy (non-hydrogen) atoms. The fourth-order valence-corrected chi connectivity index (χ4v) is 4.24. The Morgan fingerprint density at radius 2 is 1.58 bits per heavy atom. The normalized spacial score (nSPS) is 11.9. The van der Waals surface area contributed by atoms with E-state index in [1.807, 2.05) is 48.7 Å². The monoisotopic (exact) mass is 486 g/mol. The predicted octanol–water partition coefficient (Wildman–Crippen LogP) is 5.16. The first kappa shape index (κ1) is 24.7. The Bertz CT molecular complexity index is 1360. The summed E-state index contributed by atoms with van der Waals surface area (Å²) in [6.45, 7) is 0.417. The third-order valence-electron chi connectivity index (χ3n) is 6.15. The van der Waals surface area contributed by atoms with Crippen LogP contribution in [0.15, 0.2) is 72.9 Å². The largest absolute Gasteiger partial charge is 0.497 e. The van der Waals surface area contributed by atoms with Crippen molar-refractivity contribution in [1.82, 2.24) is 10.3 Å². The number of nitrogens with one attached hydrogen (secondary N) is 2. The molecule has 1 aromatic heterocycles. The molecule has 7 nitrogen and oxygen atoms in total. The minimum Gasteiger partial charge on any atom is -0.497 e.